The Morgan fingerprint density at radius 3 is 2.50 bits per heavy atom. The van der Waals surface area contributed by atoms with E-state index in [1.807, 2.05) is 60.9 Å². The van der Waals surface area contributed by atoms with Crippen LogP contribution in [0.1, 0.15) is 11.3 Å². The lowest BCUT2D eigenvalue weighted by Crippen LogP contribution is -2.17. The number of anilines is 2. The number of benzene rings is 2. The first-order valence-corrected chi connectivity index (χ1v) is 10.3. The molecule has 0 amide bonds. The van der Waals surface area contributed by atoms with Crippen LogP contribution in [-0.4, -0.2) is 15.0 Å². The summed E-state index contributed by atoms with van der Waals surface area (Å²) in [6, 6.07) is 28.5. The fraction of sp³-hybridized carbons (Fsp3) is 0.0370. The van der Waals surface area contributed by atoms with Gasteiger partial charge in [0, 0.05) is 41.4 Å². The van der Waals surface area contributed by atoms with Gasteiger partial charge in [-0.15, -0.1) is 0 Å². The normalized spacial score (nSPS) is 10.6. The van der Waals surface area contributed by atoms with Gasteiger partial charge in [-0.1, -0.05) is 36.4 Å². The highest BCUT2D eigenvalue weighted by Crippen LogP contribution is 2.34. The second-order valence-corrected chi connectivity index (χ2v) is 7.38. The molecule has 2 aromatic carbocycles. The van der Waals surface area contributed by atoms with Gasteiger partial charge < -0.3 is 4.90 Å². The van der Waals surface area contributed by atoms with Crippen LogP contribution in [-0.2, 0) is 6.54 Å². The second kappa shape index (κ2) is 8.66. The smallest absolute Gasteiger partial charge is 0.101 e. The standard InChI is InChI=1S/C27H19N5/c28-15-20-13-22(17-29-16-20)26-14-21-7-6-11-27(25(21)18-31-26)32(24-9-2-1-3-10-24)19-23-8-4-5-12-30-23/h1-14,16-18H,19H2. The number of rotatable bonds is 5. The molecule has 0 aliphatic rings. The molecule has 0 bridgehead atoms. The van der Waals surface area contributed by atoms with Crippen molar-refractivity contribution in [1.82, 2.24) is 15.0 Å². The van der Waals surface area contributed by atoms with Gasteiger partial charge in [-0.25, -0.2) is 0 Å². The van der Waals surface area contributed by atoms with Crippen molar-refractivity contribution in [3.63, 3.8) is 0 Å². The van der Waals surface area contributed by atoms with E-state index in [-0.39, 0.29) is 0 Å². The van der Waals surface area contributed by atoms with Crippen LogP contribution in [0.3, 0.4) is 0 Å². The van der Waals surface area contributed by atoms with Crippen molar-refractivity contribution >= 4 is 22.1 Å². The molecule has 0 atom stereocenters. The molecule has 0 saturated carbocycles. The van der Waals surface area contributed by atoms with Gasteiger partial charge >= 0.3 is 0 Å². The van der Waals surface area contributed by atoms with Gasteiger partial charge in [-0.3, -0.25) is 15.0 Å². The van der Waals surface area contributed by atoms with Crippen molar-refractivity contribution in [3.05, 3.63) is 115 Å². The maximum absolute atomic E-state index is 9.19. The van der Waals surface area contributed by atoms with Crippen LogP contribution in [0.2, 0.25) is 0 Å². The summed E-state index contributed by atoms with van der Waals surface area (Å²) >= 11 is 0. The quantitative estimate of drug-likeness (QED) is 0.359. The predicted molar refractivity (Wildman–Crippen MR) is 126 cm³/mol. The van der Waals surface area contributed by atoms with Crippen LogP contribution in [0.4, 0.5) is 11.4 Å². The maximum atomic E-state index is 9.19. The molecule has 5 aromatic rings. The summed E-state index contributed by atoms with van der Waals surface area (Å²) in [5, 5.41) is 11.3. The third-order valence-electron chi connectivity index (χ3n) is 5.31. The van der Waals surface area contributed by atoms with E-state index in [1.165, 1.54) is 0 Å². The van der Waals surface area contributed by atoms with E-state index in [0.717, 1.165) is 39.1 Å². The Morgan fingerprint density at radius 2 is 1.69 bits per heavy atom. The van der Waals surface area contributed by atoms with Gasteiger partial charge in [0.25, 0.3) is 0 Å². The van der Waals surface area contributed by atoms with Crippen LogP contribution < -0.4 is 4.90 Å². The monoisotopic (exact) mass is 413 g/mol. The number of nitrogens with zero attached hydrogens (tertiary/aromatic N) is 5. The van der Waals surface area contributed by atoms with Crippen LogP contribution >= 0.6 is 0 Å². The zero-order valence-corrected chi connectivity index (χ0v) is 17.3. The summed E-state index contributed by atoms with van der Waals surface area (Å²) in [7, 11) is 0. The van der Waals surface area contributed by atoms with Crippen molar-refractivity contribution in [2.24, 2.45) is 0 Å². The van der Waals surface area contributed by atoms with Crippen LogP contribution in [0.15, 0.2) is 104 Å². The molecular formula is C27H19N5. The van der Waals surface area contributed by atoms with Crippen molar-refractivity contribution < 1.29 is 0 Å². The summed E-state index contributed by atoms with van der Waals surface area (Å²) in [5.41, 5.74) is 5.25. The summed E-state index contributed by atoms with van der Waals surface area (Å²) < 4.78 is 0. The first kappa shape index (κ1) is 19.4. The first-order chi connectivity index (χ1) is 15.8. The Kier molecular flexibility index (Phi) is 5.25. The fourth-order valence-corrected chi connectivity index (χ4v) is 3.77. The molecule has 0 fully saturated rings. The molecular weight excluding hydrogens is 394 g/mol. The van der Waals surface area contributed by atoms with Crippen LogP contribution in [0.5, 0.6) is 0 Å². The van der Waals surface area contributed by atoms with Crippen molar-refractivity contribution in [3.8, 4) is 17.3 Å². The predicted octanol–water partition coefficient (Wildman–Crippen LogP) is 5.90. The van der Waals surface area contributed by atoms with Crippen LogP contribution in [0, 0.1) is 11.3 Å². The Morgan fingerprint density at radius 1 is 0.812 bits per heavy atom. The summed E-state index contributed by atoms with van der Waals surface area (Å²) in [6.45, 7) is 0.639. The highest BCUT2D eigenvalue weighted by atomic mass is 15.1. The van der Waals surface area contributed by atoms with Gasteiger partial charge in [0.05, 0.1) is 29.2 Å². The molecule has 3 aromatic heterocycles. The van der Waals surface area contributed by atoms with Gasteiger partial charge in [-0.2, -0.15) is 5.26 Å². The minimum atomic E-state index is 0.517. The van der Waals surface area contributed by atoms with E-state index >= 15 is 0 Å². The van der Waals surface area contributed by atoms with E-state index in [2.05, 4.69) is 51.3 Å². The fourth-order valence-electron chi connectivity index (χ4n) is 3.77. The molecule has 0 N–H and O–H groups in total. The number of hydrogen-bond acceptors (Lipinski definition) is 5. The summed E-state index contributed by atoms with van der Waals surface area (Å²) in [6.07, 6.45) is 7.00. The van der Waals surface area contributed by atoms with E-state index in [0.29, 0.717) is 12.1 Å². The summed E-state index contributed by atoms with van der Waals surface area (Å²) in [5.74, 6) is 0. The van der Waals surface area contributed by atoms with E-state index in [4.69, 9.17) is 4.98 Å². The summed E-state index contributed by atoms with van der Waals surface area (Å²) in [4.78, 5) is 15.7. The van der Waals surface area contributed by atoms with Gasteiger partial charge in [0.15, 0.2) is 0 Å². The molecule has 0 saturated heterocycles. The molecule has 0 aliphatic carbocycles. The highest BCUT2D eigenvalue weighted by Gasteiger charge is 2.15. The third kappa shape index (κ3) is 3.90. The SMILES string of the molecule is N#Cc1cncc(-c2cc3cccc(N(Cc4ccccn4)c4ccccc4)c3cn2)c1. The minimum Gasteiger partial charge on any atom is -0.335 e. The zero-order valence-electron chi connectivity index (χ0n) is 17.3. The van der Waals surface area contributed by atoms with E-state index in [9.17, 15) is 5.26 Å². The number of nitriles is 1. The van der Waals surface area contributed by atoms with Crippen LogP contribution in [0.25, 0.3) is 22.0 Å². The van der Waals surface area contributed by atoms with E-state index in [1.54, 1.807) is 12.4 Å². The second-order valence-electron chi connectivity index (χ2n) is 7.38. The van der Waals surface area contributed by atoms with Gasteiger partial charge in [0.2, 0.25) is 0 Å². The molecule has 32 heavy (non-hydrogen) atoms. The first-order valence-electron chi connectivity index (χ1n) is 10.3. The zero-order chi connectivity index (χ0) is 21.8. The molecule has 5 heteroatoms. The molecule has 152 valence electrons. The number of hydrogen-bond donors (Lipinski definition) is 0. The minimum absolute atomic E-state index is 0.517. The van der Waals surface area contributed by atoms with Crippen molar-refractivity contribution in [1.29, 1.82) is 5.26 Å². The Bertz CT molecular complexity index is 1410. The molecule has 0 spiro atoms. The Hall–Kier alpha value is -4.56. The maximum Gasteiger partial charge on any atom is 0.101 e. The number of para-hydroxylation sites is 1. The topological polar surface area (TPSA) is 65.7 Å². The average molecular weight is 413 g/mol. The number of fused-ring (bicyclic) bond motifs is 1. The lowest BCUT2D eigenvalue weighted by molar-refractivity contribution is 0.930. The highest BCUT2D eigenvalue weighted by molar-refractivity contribution is 5.97. The molecule has 0 aliphatic heterocycles. The molecule has 0 radical (unpaired) electrons. The third-order valence-corrected chi connectivity index (χ3v) is 5.31. The molecule has 5 nitrogen and oxygen atoms in total. The van der Waals surface area contributed by atoms with Crippen molar-refractivity contribution in [2.45, 2.75) is 6.54 Å². The average Bonchev–Trinajstić information content (AvgIpc) is 2.88. The Balaban J connectivity index is 1.61. The lowest BCUT2D eigenvalue weighted by Gasteiger charge is -2.26. The molecule has 0 unspecified atom stereocenters. The van der Waals surface area contributed by atoms with Gasteiger partial charge in [0.1, 0.15) is 6.07 Å². The van der Waals surface area contributed by atoms with Crippen molar-refractivity contribution in [2.75, 3.05) is 4.90 Å². The lowest BCUT2D eigenvalue weighted by atomic mass is 10.1. The van der Waals surface area contributed by atoms with Gasteiger partial charge in [-0.05, 0) is 47.9 Å². The largest absolute Gasteiger partial charge is 0.335 e. The Labute approximate surface area is 186 Å². The molecule has 3 heterocycles. The van der Waals surface area contributed by atoms with E-state index < -0.39 is 0 Å². The molecule has 5 rings (SSSR count). The number of pyridine rings is 3. The number of aromatic nitrogens is 3.